The summed E-state index contributed by atoms with van der Waals surface area (Å²) in [5, 5.41) is 12.7. The predicted octanol–water partition coefficient (Wildman–Crippen LogP) is 2.20. The summed E-state index contributed by atoms with van der Waals surface area (Å²) in [6.07, 6.45) is 0. The van der Waals surface area contributed by atoms with Crippen molar-refractivity contribution in [1.29, 1.82) is 0 Å². The van der Waals surface area contributed by atoms with Crippen LogP contribution in [0.25, 0.3) is 0 Å². The van der Waals surface area contributed by atoms with Crippen molar-refractivity contribution in [2.75, 3.05) is 26.2 Å². The van der Waals surface area contributed by atoms with Gasteiger partial charge in [0.1, 0.15) is 5.75 Å². The highest BCUT2D eigenvalue weighted by atomic mass is 16.3. The average molecular weight is 292 g/mol. The Morgan fingerprint density at radius 2 is 1.68 bits per heavy atom. The van der Waals surface area contributed by atoms with Crippen molar-refractivity contribution in [3.63, 3.8) is 0 Å². The molecule has 0 atom stereocenters. The van der Waals surface area contributed by atoms with Gasteiger partial charge in [-0.2, -0.15) is 0 Å². The van der Waals surface area contributed by atoms with Gasteiger partial charge in [0.15, 0.2) is 0 Å². The van der Waals surface area contributed by atoms with Crippen LogP contribution in [-0.2, 0) is 6.54 Å². The molecule has 112 valence electrons. The van der Waals surface area contributed by atoms with Crippen molar-refractivity contribution >= 4 is 0 Å². The van der Waals surface area contributed by atoms with Gasteiger partial charge < -0.3 is 10.4 Å². The van der Waals surface area contributed by atoms with Crippen LogP contribution in [0.4, 0.5) is 0 Å². The Labute approximate surface area is 131 Å². The highest BCUT2D eigenvalue weighted by Crippen LogP contribution is 2.12. The number of hydrogen-bond acceptors (Lipinski definition) is 3. The summed E-state index contributed by atoms with van der Waals surface area (Å²) in [6, 6.07) is 15.3. The van der Waals surface area contributed by atoms with Gasteiger partial charge in [0.25, 0.3) is 0 Å². The molecule has 3 nitrogen and oxygen atoms in total. The van der Waals surface area contributed by atoms with E-state index >= 15 is 0 Å². The van der Waals surface area contributed by atoms with Crippen molar-refractivity contribution < 1.29 is 5.11 Å². The van der Waals surface area contributed by atoms with E-state index in [1.165, 1.54) is 5.56 Å². The van der Waals surface area contributed by atoms with Gasteiger partial charge in [0.05, 0.1) is 0 Å². The summed E-state index contributed by atoms with van der Waals surface area (Å²) in [5.74, 6) is 6.71. The molecule has 0 saturated carbocycles. The van der Waals surface area contributed by atoms with Crippen LogP contribution in [0.15, 0.2) is 48.5 Å². The van der Waals surface area contributed by atoms with Crippen molar-refractivity contribution in [3.8, 4) is 17.6 Å². The number of piperazine rings is 1. The molecule has 3 heteroatoms. The molecule has 3 rings (SSSR count). The third-order valence-corrected chi connectivity index (χ3v) is 3.83. The molecule has 0 amide bonds. The highest BCUT2D eigenvalue weighted by molar-refractivity contribution is 5.47. The number of hydrogen-bond donors (Lipinski definition) is 2. The number of nitrogens with one attached hydrogen (secondary N) is 1. The largest absolute Gasteiger partial charge is 0.508 e. The van der Waals surface area contributed by atoms with E-state index in [9.17, 15) is 5.11 Å². The molecular weight excluding hydrogens is 272 g/mol. The average Bonchev–Trinajstić information content (AvgIpc) is 2.56. The molecule has 1 aliphatic heterocycles. The minimum atomic E-state index is 0.268. The smallest absolute Gasteiger partial charge is 0.115 e. The van der Waals surface area contributed by atoms with Gasteiger partial charge >= 0.3 is 0 Å². The molecular formula is C19H20N2O. The van der Waals surface area contributed by atoms with Crippen LogP contribution in [0, 0.1) is 11.8 Å². The summed E-state index contributed by atoms with van der Waals surface area (Å²) in [7, 11) is 0. The quantitative estimate of drug-likeness (QED) is 0.833. The van der Waals surface area contributed by atoms with Crippen LogP contribution in [0.5, 0.6) is 5.75 Å². The molecule has 1 fully saturated rings. The van der Waals surface area contributed by atoms with E-state index in [0.717, 1.165) is 43.9 Å². The second-order valence-corrected chi connectivity index (χ2v) is 5.48. The van der Waals surface area contributed by atoms with E-state index in [2.05, 4.69) is 40.3 Å². The first-order chi connectivity index (χ1) is 10.8. The minimum Gasteiger partial charge on any atom is -0.508 e. The SMILES string of the molecule is Oc1ccc(C#Cc2ccccc2CN2CCNCC2)cc1. The Hall–Kier alpha value is -2.28. The van der Waals surface area contributed by atoms with Gasteiger partial charge in [-0.1, -0.05) is 30.0 Å². The number of aromatic hydroxyl groups is 1. The first kappa shape index (κ1) is 14.6. The Morgan fingerprint density at radius 1 is 0.955 bits per heavy atom. The summed E-state index contributed by atoms with van der Waals surface area (Å²) in [4.78, 5) is 2.46. The Bertz CT molecular complexity index is 677. The van der Waals surface area contributed by atoms with Gasteiger partial charge in [-0.05, 0) is 35.9 Å². The molecule has 1 aliphatic rings. The van der Waals surface area contributed by atoms with Crippen LogP contribution < -0.4 is 5.32 Å². The summed E-state index contributed by atoms with van der Waals surface area (Å²) in [5.41, 5.74) is 3.26. The third-order valence-electron chi connectivity index (χ3n) is 3.83. The molecule has 2 aromatic rings. The number of nitrogens with zero attached hydrogens (tertiary/aromatic N) is 1. The normalized spacial score (nSPS) is 15.1. The summed E-state index contributed by atoms with van der Waals surface area (Å²) >= 11 is 0. The molecule has 22 heavy (non-hydrogen) atoms. The highest BCUT2D eigenvalue weighted by Gasteiger charge is 2.11. The summed E-state index contributed by atoms with van der Waals surface area (Å²) < 4.78 is 0. The van der Waals surface area contributed by atoms with Crippen molar-refractivity contribution in [2.45, 2.75) is 6.54 Å². The van der Waals surface area contributed by atoms with Gasteiger partial charge in [0.2, 0.25) is 0 Å². The fourth-order valence-corrected chi connectivity index (χ4v) is 2.57. The van der Waals surface area contributed by atoms with E-state index in [1.54, 1.807) is 12.1 Å². The maximum Gasteiger partial charge on any atom is 0.115 e. The predicted molar refractivity (Wildman–Crippen MR) is 88.7 cm³/mol. The standard InChI is InChI=1S/C19H20N2O/c22-19-9-6-16(7-10-19)5-8-17-3-1-2-4-18(17)15-21-13-11-20-12-14-21/h1-4,6-7,9-10,20,22H,11-15H2. The van der Waals surface area contributed by atoms with Crippen LogP contribution in [0.1, 0.15) is 16.7 Å². The zero-order valence-electron chi connectivity index (χ0n) is 12.5. The number of rotatable bonds is 2. The van der Waals surface area contributed by atoms with Gasteiger partial charge in [-0.3, -0.25) is 4.90 Å². The molecule has 2 N–H and O–H groups in total. The van der Waals surface area contributed by atoms with E-state index in [-0.39, 0.29) is 5.75 Å². The van der Waals surface area contributed by atoms with Gasteiger partial charge in [-0.25, -0.2) is 0 Å². The van der Waals surface area contributed by atoms with Crippen LogP contribution in [0.3, 0.4) is 0 Å². The minimum absolute atomic E-state index is 0.268. The first-order valence-electron chi connectivity index (χ1n) is 7.63. The molecule has 0 unspecified atom stereocenters. The monoisotopic (exact) mass is 292 g/mol. The molecule has 0 aliphatic carbocycles. The fourth-order valence-electron chi connectivity index (χ4n) is 2.57. The number of benzene rings is 2. The fraction of sp³-hybridized carbons (Fsp3) is 0.263. The molecule has 0 aromatic heterocycles. The van der Waals surface area contributed by atoms with E-state index in [0.29, 0.717) is 0 Å². The lowest BCUT2D eigenvalue weighted by Crippen LogP contribution is -2.42. The lowest BCUT2D eigenvalue weighted by atomic mass is 10.1. The lowest BCUT2D eigenvalue weighted by Gasteiger charge is -2.27. The van der Waals surface area contributed by atoms with Crippen LogP contribution in [0.2, 0.25) is 0 Å². The molecule has 0 bridgehead atoms. The van der Waals surface area contributed by atoms with Crippen LogP contribution >= 0.6 is 0 Å². The van der Waals surface area contributed by atoms with Gasteiger partial charge in [0, 0.05) is 43.9 Å². The molecule has 1 saturated heterocycles. The topological polar surface area (TPSA) is 35.5 Å². The van der Waals surface area contributed by atoms with Crippen molar-refractivity contribution in [2.24, 2.45) is 0 Å². The zero-order chi connectivity index (χ0) is 15.2. The first-order valence-corrected chi connectivity index (χ1v) is 7.63. The molecule has 2 aromatic carbocycles. The van der Waals surface area contributed by atoms with E-state index in [1.807, 2.05) is 18.2 Å². The van der Waals surface area contributed by atoms with Crippen molar-refractivity contribution in [1.82, 2.24) is 10.2 Å². The second kappa shape index (κ2) is 7.13. The maximum absolute atomic E-state index is 9.31. The molecule has 1 heterocycles. The van der Waals surface area contributed by atoms with E-state index in [4.69, 9.17) is 0 Å². The summed E-state index contributed by atoms with van der Waals surface area (Å²) in [6.45, 7) is 5.23. The molecule has 0 spiro atoms. The number of phenolic OH excluding ortho intramolecular Hbond substituents is 1. The maximum atomic E-state index is 9.31. The van der Waals surface area contributed by atoms with Crippen LogP contribution in [-0.4, -0.2) is 36.2 Å². The second-order valence-electron chi connectivity index (χ2n) is 5.48. The van der Waals surface area contributed by atoms with Gasteiger partial charge in [-0.15, -0.1) is 0 Å². The van der Waals surface area contributed by atoms with E-state index < -0.39 is 0 Å². The third kappa shape index (κ3) is 3.88. The number of phenols is 1. The lowest BCUT2D eigenvalue weighted by molar-refractivity contribution is 0.233. The Kier molecular flexibility index (Phi) is 4.75. The Morgan fingerprint density at radius 3 is 2.45 bits per heavy atom. The molecule has 0 radical (unpaired) electrons. The Balaban J connectivity index is 1.77. The van der Waals surface area contributed by atoms with Crippen molar-refractivity contribution in [3.05, 3.63) is 65.2 Å². The zero-order valence-corrected chi connectivity index (χ0v) is 12.5.